The Labute approximate surface area is 193 Å². The highest BCUT2D eigenvalue weighted by molar-refractivity contribution is 5.97. The van der Waals surface area contributed by atoms with Crippen molar-refractivity contribution in [3.63, 3.8) is 0 Å². The van der Waals surface area contributed by atoms with Gasteiger partial charge in [0.05, 0.1) is 12.6 Å². The monoisotopic (exact) mass is 444 g/mol. The summed E-state index contributed by atoms with van der Waals surface area (Å²) in [5.41, 5.74) is 3.70. The summed E-state index contributed by atoms with van der Waals surface area (Å²) >= 11 is 0. The van der Waals surface area contributed by atoms with Gasteiger partial charge in [-0.15, -0.1) is 0 Å². The molecule has 3 aromatic carbocycles. The van der Waals surface area contributed by atoms with Gasteiger partial charge in [0.1, 0.15) is 0 Å². The van der Waals surface area contributed by atoms with E-state index in [4.69, 9.17) is 0 Å². The maximum Gasteiger partial charge on any atom is 0.251 e. The van der Waals surface area contributed by atoms with E-state index in [1.54, 1.807) is 36.2 Å². The number of hydrogen-bond donors (Lipinski definition) is 3. The Morgan fingerprint density at radius 1 is 0.848 bits per heavy atom. The standard InChI is InChI=1S/C26H28N4O3/c1-18(20-7-5-4-6-8-20)28-26(33)21-9-11-23(12-10-21)29-25(32)17-27-22-13-15-24(16-14-22)30(3)19(2)31/h4-16,18,27H,17H2,1-3H3,(H,28,33)(H,29,32). The van der Waals surface area contributed by atoms with Crippen molar-refractivity contribution in [3.8, 4) is 0 Å². The molecule has 0 saturated heterocycles. The predicted molar refractivity (Wildman–Crippen MR) is 131 cm³/mol. The van der Waals surface area contributed by atoms with Crippen LogP contribution in [0.3, 0.4) is 0 Å². The summed E-state index contributed by atoms with van der Waals surface area (Å²) in [5, 5.41) is 8.82. The van der Waals surface area contributed by atoms with E-state index in [9.17, 15) is 14.4 Å². The van der Waals surface area contributed by atoms with Gasteiger partial charge in [-0.25, -0.2) is 0 Å². The molecule has 0 aliphatic carbocycles. The SMILES string of the molecule is CC(=O)N(C)c1ccc(NCC(=O)Nc2ccc(C(=O)NC(C)c3ccccc3)cc2)cc1. The minimum atomic E-state index is -0.213. The summed E-state index contributed by atoms with van der Waals surface area (Å²) in [5.74, 6) is -0.441. The molecule has 3 N–H and O–H groups in total. The van der Waals surface area contributed by atoms with E-state index >= 15 is 0 Å². The van der Waals surface area contributed by atoms with Crippen LogP contribution in [0, 0.1) is 0 Å². The first-order valence-electron chi connectivity index (χ1n) is 10.7. The van der Waals surface area contributed by atoms with E-state index in [-0.39, 0.29) is 30.3 Å². The van der Waals surface area contributed by atoms with E-state index in [0.29, 0.717) is 11.3 Å². The largest absolute Gasteiger partial charge is 0.376 e. The van der Waals surface area contributed by atoms with Crippen LogP contribution in [-0.2, 0) is 9.59 Å². The third-order valence-corrected chi connectivity index (χ3v) is 5.26. The molecular weight excluding hydrogens is 416 g/mol. The number of amides is 3. The summed E-state index contributed by atoms with van der Waals surface area (Å²) in [4.78, 5) is 37.7. The fourth-order valence-electron chi connectivity index (χ4n) is 3.18. The smallest absolute Gasteiger partial charge is 0.251 e. The van der Waals surface area contributed by atoms with Crippen LogP contribution in [0.4, 0.5) is 17.1 Å². The predicted octanol–water partition coefficient (Wildman–Crippen LogP) is 4.21. The van der Waals surface area contributed by atoms with Crippen molar-refractivity contribution in [2.24, 2.45) is 0 Å². The minimum Gasteiger partial charge on any atom is -0.376 e. The molecule has 0 spiro atoms. The number of carbonyl (C=O) groups is 3. The van der Waals surface area contributed by atoms with Crippen molar-refractivity contribution in [1.29, 1.82) is 0 Å². The molecule has 0 fully saturated rings. The number of rotatable bonds is 8. The number of anilines is 3. The van der Waals surface area contributed by atoms with E-state index in [1.807, 2.05) is 61.5 Å². The second-order valence-corrected chi connectivity index (χ2v) is 7.71. The lowest BCUT2D eigenvalue weighted by atomic mass is 10.1. The third kappa shape index (κ3) is 6.67. The van der Waals surface area contributed by atoms with E-state index in [0.717, 1.165) is 16.9 Å². The number of benzene rings is 3. The van der Waals surface area contributed by atoms with Gasteiger partial charge < -0.3 is 20.9 Å². The van der Waals surface area contributed by atoms with Gasteiger partial charge in [0.15, 0.2) is 0 Å². The molecule has 170 valence electrons. The number of hydrogen-bond acceptors (Lipinski definition) is 4. The molecule has 7 heteroatoms. The summed E-state index contributed by atoms with van der Waals surface area (Å²) in [7, 11) is 1.71. The highest BCUT2D eigenvalue weighted by atomic mass is 16.2. The van der Waals surface area contributed by atoms with Crippen molar-refractivity contribution in [2.75, 3.05) is 29.1 Å². The Morgan fingerprint density at radius 2 is 1.45 bits per heavy atom. The quantitative estimate of drug-likeness (QED) is 0.485. The zero-order valence-electron chi connectivity index (χ0n) is 19.0. The molecule has 33 heavy (non-hydrogen) atoms. The molecule has 0 bridgehead atoms. The van der Waals surface area contributed by atoms with Gasteiger partial charge in [-0.3, -0.25) is 14.4 Å². The van der Waals surface area contributed by atoms with Gasteiger partial charge in [0, 0.05) is 36.6 Å². The van der Waals surface area contributed by atoms with Gasteiger partial charge in [-0.05, 0) is 61.0 Å². The lowest BCUT2D eigenvalue weighted by Gasteiger charge is -2.15. The average Bonchev–Trinajstić information content (AvgIpc) is 2.83. The molecule has 3 rings (SSSR count). The van der Waals surface area contributed by atoms with Crippen molar-refractivity contribution in [3.05, 3.63) is 90.0 Å². The minimum absolute atomic E-state index is 0.0516. The van der Waals surface area contributed by atoms with Crippen molar-refractivity contribution in [1.82, 2.24) is 5.32 Å². The molecule has 3 amide bonds. The first kappa shape index (κ1) is 23.5. The van der Waals surface area contributed by atoms with Crippen LogP contribution >= 0.6 is 0 Å². The molecule has 0 aromatic heterocycles. The highest BCUT2D eigenvalue weighted by Crippen LogP contribution is 2.17. The lowest BCUT2D eigenvalue weighted by molar-refractivity contribution is -0.116. The lowest BCUT2D eigenvalue weighted by Crippen LogP contribution is -2.26. The molecule has 7 nitrogen and oxygen atoms in total. The highest BCUT2D eigenvalue weighted by Gasteiger charge is 2.12. The first-order chi connectivity index (χ1) is 15.8. The zero-order valence-corrected chi connectivity index (χ0v) is 19.0. The molecular formula is C26H28N4O3. The van der Waals surface area contributed by atoms with Gasteiger partial charge in [-0.1, -0.05) is 30.3 Å². The Morgan fingerprint density at radius 3 is 2.06 bits per heavy atom. The van der Waals surface area contributed by atoms with E-state index in [1.165, 1.54) is 6.92 Å². The Hall–Kier alpha value is -4.13. The molecule has 0 radical (unpaired) electrons. The molecule has 0 heterocycles. The topological polar surface area (TPSA) is 90.5 Å². The van der Waals surface area contributed by atoms with Gasteiger partial charge >= 0.3 is 0 Å². The van der Waals surface area contributed by atoms with Gasteiger partial charge in [-0.2, -0.15) is 0 Å². The van der Waals surface area contributed by atoms with Crippen molar-refractivity contribution >= 4 is 34.8 Å². The summed E-state index contributed by atoms with van der Waals surface area (Å²) in [6.07, 6.45) is 0. The maximum atomic E-state index is 12.5. The Kier molecular flexibility index (Phi) is 7.81. The van der Waals surface area contributed by atoms with Crippen LogP contribution in [0.5, 0.6) is 0 Å². The molecule has 3 aromatic rings. The third-order valence-electron chi connectivity index (χ3n) is 5.26. The average molecular weight is 445 g/mol. The van der Waals surface area contributed by atoms with Crippen molar-refractivity contribution < 1.29 is 14.4 Å². The maximum absolute atomic E-state index is 12.5. The summed E-state index contributed by atoms with van der Waals surface area (Å²) < 4.78 is 0. The number of carbonyl (C=O) groups excluding carboxylic acids is 3. The van der Waals surface area contributed by atoms with Gasteiger partial charge in [0.25, 0.3) is 5.91 Å². The first-order valence-corrected chi connectivity index (χ1v) is 10.7. The second-order valence-electron chi connectivity index (χ2n) is 7.71. The molecule has 0 saturated carbocycles. The van der Waals surface area contributed by atoms with Crippen molar-refractivity contribution in [2.45, 2.75) is 19.9 Å². The molecule has 0 aliphatic rings. The van der Waals surface area contributed by atoms with Crippen LogP contribution < -0.4 is 20.9 Å². The van der Waals surface area contributed by atoms with Crippen LogP contribution in [0.2, 0.25) is 0 Å². The van der Waals surface area contributed by atoms with Crippen LogP contribution in [0.1, 0.15) is 35.8 Å². The van der Waals surface area contributed by atoms with Crippen LogP contribution in [0.15, 0.2) is 78.9 Å². The zero-order chi connectivity index (χ0) is 23.8. The normalized spacial score (nSPS) is 11.2. The fraction of sp³-hybridized carbons (Fsp3) is 0.192. The number of nitrogens with one attached hydrogen (secondary N) is 3. The number of nitrogens with zero attached hydrogens (tertiary/aromatic N) is 1. The Balaban J connectivity index is 1.48. The van der Waals surface area contributed by atoms with E-state index < -0.39 is 0 Å². The summed E-state index contributed by atoms with van der Waals surface area (Å²) in [6.45, 7) is 3.52. The van der Waals surface area contributed by atoms with Gasteiger partial charge in [0.2, 0.25) is 11.8 Å². The van der Waals surface area contributed by atoms with E-state index in [2.05, 4.69) is 16.0 Å². The van der Waals surface area contributed by atoms with Crippen LogP contribution in [-0.4, -0.2) is 31.3 Å². The molecule has 1 atom stereocenters. The molecule has 0 aliphatic heterocycles. The fourth-order valence-corrected chi connectivity index (χ4v) is 3.18. The Bertz CT molecular complexity index is 1100. The second kappa shape index (κ2) is 10.9. The summed E-state index contributed by atoms with van der Waals surface area (Å²) in [6, 6.07) is 23.6. The molecule has 1 unspecified atom stereocenters. The van der Waals surface area contributed by atoms with Crippen LogP contribution in [0.25, 0.3) is 0 Å².